The van der Waals surface area contributed by atoms with Gasteiger partial charge in [0, 0.05) is 30.0 Å². The lowest BCUT2D eigenvalue weighted by Crippen LogP contribution is -2.34. The monoisotopic (exact) mass is 221 g/mol. The van der Waals surface area contributed by atoms with Crippen LogP contribution < -0.4 is 11.5 Å². The van der Waals surface area contributed by atoms with Gasteiger partial charge < -0.3 is 16.4 Å². The van der Waals surface area contributed by atoms with E-state index in [1.165, 1.54) is 0 Å². The number of hydrogen-bond acceptors (Lipinski definition) is 3. The SMILES string of the molecule is CCC(C)N(C)C(=O)c1cc(N)cc(N)c1. The van der Waals surface area contributed by atoms with Crippen molar-refractivity contribution in [3.8, 4) is 0 Å². The van der Waals surface area contributed by atoms with Gasteiger partial charge in [-0.1, -0.05) is 6.92 Å². The Morgan fingerprint density at radius 3 is 2.25 bits per heavy atom. The Morgan fingerprint density at radius 1 is 1.31 bits per heavy atom. The molecule has 0 saturated carbocycles. The molecule has 0 saturated heterocycles. The average molecular weight is 221 g/mol. The number of rotatable bonds is 3. The number of anilines is 2. The molecule has 0 fully saturated rings. The van der Waals surface area contributed by atoms with Crippen molar-refractivity contribution in [3.05, 3.63) is 23.8 Å². The molecule has 1 aromatic rings. The lowest BCUT2D eigenvalue weighted by Gasteiger charge is -2.24. The van der Waals surface area contributed by atoms with Gasteiger partial charge in [-0.3, -0.25) is 4.79 Å². The van der Waals surface area contributed by atoms with Crippen molar-refractivity contribution < 1.29 is 4.79 Å². The van der Waals surface area contributed by atoms with Crippen LogP contribution in [0.15, 0.2) is 18.2 Å². The molecule has 4 heteroatoms. The van der Waals surface area contributed by atoms with Crippen LogP contribution in [-0.4, -0.2) is 23.9 Å². The van der Waals surface area contributed by atoms with Gasteiger partial charge in [0.1, 0.15) is 0 Å². The second-order valence-electron chi connectivity index (χ2n) is 4.06. The first-order valence-corrected chi connectivity index (χ1v) is 5.39. The minimum Gasteiger partial charge on any atom is -0.399 e. The van der Waals surface area contributed by atoms with Crippen molar-refractivity contribution in [2.75, 3.05) is 18.5 Å². The standard InChI is InChI=1S/C12H19N3O/c1-4-8(2)15(3)12(16)9-5-10(13)7-11(14)6-9/h5-8H,4,13-14H2,1-3H3. The van der Waals surface area contributed by atoms with Crippen LogP contribution in [0.3, 0.4) is 0 Å². The summed E-state index contributed by atoms with van der Waals surface area (Å²) >= 11 is 0. The quantitative estimate of drug-likeness (QED) is 0.763. The molecule has 0 radical (unpaired) electrons. The maximum absolute atomic E-state index is 12.1. The highest BCUT2D eigenvalue weighted by molar-refractivity contribution is 5.96. The van der Waals surface area contributed by atoms with Crippen LogP contribution in [0, 0.1) is 0 Å². The predicted molar refractivity (Wildman–Crippen MR) is 67.1 cm³/mol. The maximum Gasteiger partial charge on any atom is 0.253 e. The molecular formula is C12H19N3O. The first-order chi connectivity index (χ1) is 7.45. The molecule has 1 atom stereocenters. The van der Waals surface area contributed by atoms with Crippen LogP contribution in [0.25, 0.3) is 0 Å². The minimum absolute atomic E-state index is 0.0478. The molecular weight excluding hydrogens is 202 g/mol. The van der Waals surface area contributed by atoms with Gasteiger partial charge in [-0.2, -0.15) is 0 Å². The van der Waals surface area contributed by atoms with E-state index < -0.39 is 0 Å². The van der Waals surface area contributed by atoms with E-state index in [0.717, 1.165) is 6.42 Å². The summed E-state index contributed by atoms with van der Waals surface area (Å²) in [6.07, 6.45) is 0.917. The van der Waals surface area contributed by atoms with Crippen molar-refractivity contribution in [2.24, 2.45) is 0 Å². The zero-order valence-electron chi connectivity index (χ0n) is 10.0. The maximum atomic E-state index is 12.1. The number of hydrogen-bond donors (Lipinski definition) is 2. The molecule has 1 unspecified atom stereocenters. The molecule has 0 aliphatic heterocycles. The van der Waals surface area contributed by atoms with Crippen LogP contribution in [-0.2, 0) is 0 Å². The van der Waals surface area contributed by atoms with Gasteiger partial charge in [-0.25, -0.2) is 0 Å². The zero-order valence-corrected chi connectivity index (χ0v) is 10.0. The van der Waals surface area contributed by atoms with Crippen LogP contribution >= 0.6 is 0 Å². The summed E-state index contributed by atoms with van der Waals surface area (Å²) in [5, 5.41) is 0. The van der Waals surface area contributed by atoms with Gasteiger partial charge in [-0.15, -0.1) is 0 Å². The Labute approximate surface area is 96.2 Å². The van der Waals surface area contributed by atoms with E-state index in [9.17, 15) is 4.79 Å². The third-order valence-corrected chi connectivity index (χ3v) is 2.80. The molecule has 1 aromatic carbocycles. The van der Waals surface area contributed by atoms with Crippen LogP contribution in [0.1, 0.15) is 30.6 Å². The van der Waals surface area contributed by atoms with Gasteiger partial charge in [0.2, 0.25) is 0 Å². The summed E-state index contributed by atoms with van der Waals surface area (Å²) in [6, 6.07) is 5.14. The number of nitrogen functional groups attached to an aromatic ring is 2. The molecule has 4 nitrogen and oxygen atoms in total. The summed E-state index contributed by atoms with van der Waals surface area (Å²) in [5.74, 6) is -0.0478. The van der Waals surface area contributed by atoms with E-state index in [4.69, 9.17) is 11.5 Å². The Balaban J connectivity index is 2.96. The van der Waals surface area contributed by atoms with E-state index in [0.29, 0.717) is 16.9 Å². The Kier molecular flexibility index (Phi) is 3.77. The molecule has 1 amide bonds. The Hall–Kier alpha value is -1.71. The molecule has 0 spiro atoms. The third kappa shape index (κ3) is 2.66. The number of nitrogens with two attached hydrogens (primary N) is 2. The largest absolute Gasteiger partial charge is 0.399 e. The lowest BCUT2D eigenvalue weighted by molar-refractivity contribution is 0.0740. The second-order valence-corrected chi connectivity index (χ2v) is 4.06. The normalized spacial score (nSPS) is 12.2. The highest BCUT2D eigenvalue weighted by Crippen LogP contribution is 2.16. The molecule has 0 heterocycles. The molecule has 0 aliphatic rings. The predicted octanol–water partition coefficient (Wildman–Crippen LogP) is 1.72. The number of nitrogens with zero attached hydrogens (tertiary/aromatic N) is 1. The summed E-state index contributed by atoms with van der Waals surface area (Å²) < 4.78 is 0. The van der Waals surface area contributed by atoms with E-state index in [1.54, 1.807) is 30.1 Å². The van der Waals surface area contributed by atoms with Gasteiger partial charge in [0.05, 0.1) is 0 Å². The number of amides is 1. The van der Waals surface area contributed by atoms with Crippen molar-refractivity contribution in [1.29, 1.82) is 0 Å². The summed E-state index contributed by atoms with van der Waals surface area (Å²) in [6.45, 7) is 4.05. The van der Waals surface area contributed by atoms with Crippen molar-refractivity contribution in [2.45, 2.75) is 26.3 Å². The first kappa shape index (κ1) is 12.4. The molecule has 1 rings (SSSR count). The fourth-order valence-corrected chi connectivity index (χ4v) is 1.48. The van der Waals surface area contributed by atoms with Gasteiger partial charge in [-0.05, 0) is 31.5 Å². The molecule has 0 bridgehead atoms. The van der Waals surface area contributed by atoms with Crippen molar-refractivity contribution in [3.63, 3.8) is 0 Å². The van der Waals surface area contributed by atoms with Crippen LogP contribution in [0.4, 0.5) is 11.4 Å². The van der Waals surface area contributed by atoms with E-state index >= 15 is 0 Å². The number of carbonyl (C=O) groups is 1. The summed E-state index contributed by atoms with van der Waals surface area (Å²) in [5.41, 5.74) is 12.9. The highest BCUT2D eigenvalue weighted by atomic mass is 16.2. The molecule has 0 aromatic heterocycles. The third-order valence-electron chi connectivity index (χ3n) is 2.80. The highest BCUT2D eigenvalue weighted by Gasteiger charge is 2.16. The number of carbonyl (C=O) groups excluding carboxylic acids is 1. The second kappa shape index (κ2) is 4.88. The first-order valence-electron chi connectivity index (χ1n) is 5.39. The van der Waals surface area contributed by atoms with E-state index in [2.05, 4.69) is 0 Å². The summed E-state index contributed by atoms with van der Waals surface area (Å²) in [4.78, 5) is 13.8. The zero-order chi connectivity index (χ0) is 12.3. The van der Waals surface area contributed by atoms with Gasteiger partial charge in [0.15, 0.2) is 0 Å². The number of benzene rings is 1. The fraction of sp³-hybridized carbons (Fsp3) is 0.417. The Morgan fingerprint density at radius 2 is 1.81 bits per heavy atom. The molecule has 4 N–H and O–H groups in total. The van der Waals surface area contributed by atoms with Crippen molar-refractivity contribution >= 4 is 17.3 Å². The van der Waals surface area contributed by atoms with Crippen LogP contribution in [0.2, 0.25) is 0 Å². The lowest BCUT2D eigenvalue weighted by atomic mass is 10.1. The van der Waals surface area contributed by atoms with E-state index in [1.807, 2.05) is 13.8 Å². The fourth-order valence-electron chi connectivity index (χ4n) is 1.48. The topological polar surface area (TPSA) is 72.3 Å². The molecule has 0 aliphatic carbocycles. The van der Waals surface area contributed by atoms with Crippen LogP contribution in [0.5, 0.6) is 0 Å². The average Bonchev–Trinajstić information content (AvgIpc) is 2.24. The van der Waals surface area contributed by atoms with E-state index in [-0.39, 0.29) is 11.9 Å². The summed E-state index contributed by atoms with van der Waals surface area (Å²) in [7, 11) is 1.79. The van der Waals surface area contributed by atoms with Crippen molar-refractivity contribution in [1.82, 2.24) is 4.90 Å². The molecule has 16 heavy (non-hydrogen) atoms. The minimum atomic E-state index is -0.0478. The molecule has 88 valence electrons. The van der Waals surface area contributed by atoms with Gasteiger partial charge >= 0.3 is 0 Å². The Bertz CT molecular complexity index is 370. The smallest absolute Gasteiger partial charge is 0.253 e. The van der Waals surface area contributed by atoms with Gasteiger partial charge in [0.25, 0.3) is 5.91 Å².